The van der Waals surface area contributed by atoms with Crippen LogP contribution in [0.25, 0.3) is 0 Å². The minimum absolute atomic E-state index is 0.111. The number of ether oxygens (including phenoxy) is 2. The first-order valence-corrected chi connectivity index (χ1v) is 7.69. The van der Waals surface area contributed by atoms with Gasteiger partial charge in [-0.3, -0.25) is 0 Å². The van der Waals surface area contributed by atoms with Gasteiger partial charge in [0.2, 0.25) is 0 Å². The van der Waals surface area contributed by atoms with Gasteiger partial charge in [0.05, 0.1) is 18.8 Å². The Morgan fingerprint density at radius 3 is 3.13 bits per heavy atom. The van der Waals surface area contributed by atoms with E-state index in [4.69, 9.17) is 14.7 Å². The predicted octanol–water partition coefficient (Wildman–Crippen LogP) is 3.04. The average Bonchev–Trinajstić information content (AvgIpc) is 3.07. The lowest BCUT2D eigenvalue weighted by molar-refractivity contribution is 0.140. The molecule has 0 radical (unpaired) electrons. The van der Waals surface area contributed by atoms with Crippen LogP contribution in [-0.4, -0.2) is 24.3 Å². The number of hydrogen-bond acceptors (Lipinski definition) is 5. The second kappa shape index (κ2) is 7.12. The number of pyridine rings is 1. The summed E-state index contributed by atoms with van der Waals surface area (Å²) in [6.45, 7) is 3.99. The average molecular weight is 309 g/mol. The third-order valence-corrected chi connectivity index (χ3v) is 3.78. The van der Waals surface area contributed by atoms with E-state index in [1.807, 2.05) is 19.1 Å². The highest BCUT2D eigenvalue weighted by molar-refractivity contribution is 5.52. The minimum Gasteiger partial charge on any atom is -0.488 e. The molecular formula is C18H19N3O2. The molecule has 1 aromatic heterocycles. The van der Waals surface area contributed by atoms with Crippen molar-refractivity contribution >= 4 is 5.82 Å². The second-order valence-electron chi connectivity index (χ2n) is 5.58. The van der Waals surface area contributed by atoms with Crippen LogP contribution in [0.2, 0.25) is 0 Å². The molecule has 0 aliphatic carbocycles. The number of anilines is 1. The van der Waals surface area contributed by atoms with Crippen molar-refractivity contribution in [3.8, 4) is 11.8 Å². The molecule has 23 heavy (non-hydrogen) atoms. The first kappa shape index (κ1) is 15.3. The van der Waals surface area contributed by atoms with Crippen LogP contribution < -0.4 is 10.1 Å². The zero-order chi connectivity index (χ0) is 16.1. The Hall–Kier alpha value is -2.58. The van der Waals surface area contributed by atoms with Gasteiger partial charge in [0, 0.05) is 24.7 Å². The summed E-state index contributed by atoms with van der Waals surface area (Å²) in [5, 5.41) is 12.3. The van der Waals surface area contributed by atoms with E-state index in [9.17, 15) is 0 Å². The second-order valence-corrected chi connectivity index (χ2v) is 5.58. The third kappa shape index (κ3) is 3.79. The smallest absolute Gasteiger partial charge is 0.144 e. The number of nitrogens with zero attached hydrogens (tertiary/aromatic N) is 2. The minimum atomic E-state index is 0.111. The Morgan fingerprint density at radius 2 is 2.35 bits per heavy atom. The normalized spacial score (nSPS) is 16.8. The predicted molar refractivity (Wildman–Crippen MR) is 87.3 cm³/mol. The number of nitrogens with one attached hydrogen (secondary N) is 1. The van der Waals surface area contributed by atoms with Crippen LogP contribution in [0.4, 0.5) is 5.82 Å². The van der Waals surface area contributed by atoms with E-state index in [0.29, 0.717) is 24.5 Å². The van der Waals surface area contributed by atoms with Crippen molar-refractivity contribution in [2.45, 2.75) is 26.0 Å². The van der Waals surface area contributed by atoms with E-state index in [0.717, 1.165) is 29.9 Å². The summed E-state index contributed by atoms with van der Waals surface area (Å²) in [6.07, 6.45) is 2.70. The molecule has 1 fully saturated rings. The summed E-state index contributed by atoms with van der Waals surface area (Å²) in [6, 6.07) is 11.8. The van der Waals surface area contributed by atoms with Crippen LogP contribution in [0, 0.1) is 18.3 Å². The largest absolute Gasteiger partial charge is 0.488 e. The number of rotatable bonds is 5. The van der Waals surface area contributed by atoms with Crippen LogP contribution in [-0.2, 0) is 11.3 Å². The standard InChI is InChI=1S/C18H19N3O2/c1-13-4-5-15(17(9-13)23-16-6-8-22-12-16)11-21-18-14(10-19)3-2-7-20-18/h2-5,7,9,16H,6,8,11-12H2,1H3,(H,20,21)/t16-/m0/s1. The van der Waals surface area contributed by atoms with E-state index in [-0.39, 0.29) is 6.10 Å². The van der Waals surface area contributed by atoms with Crippen LogP contribution in [0.3, 0.4) is 0 Å². The Kier molecular flexibility index (Phi) is 4.74. The lowest BCUT2D eigenvalue weighted by Crippen LogP contribution is -2.17. The molecule has 1 atom stereocenters. The summed E-state index contributed by atoms with van der Waals surface area (Å²) in [5.41, 5.74) is 2.72. The molecule has 0 unspecified atom stereocenters. The van der Waals surface area contributed by atoms with Crippen molar-refractivity contribution < 1.29 is 9.47 Å². The van der Waals surface area contributed by atoms with Gasteiger partial charge >= 0.3 is 0 Å². The molecule has 3 rings (SSSR count). The Labute approximate surface area is 135 Å². The van der Waals surface area contributed by atoms with Gasteiger partial charge in [-0.25, -0.2) is 4.98 Å². The zero-order valence-corrected chi connectivity index (χ0v) is 13.1. The van der Waals surface area contributed by atoms with Crippen LogP contribution in [0.15, 0.2) is 36.5 Å². The first-order valence-electron chi connectivity index (χ1n) is 7.69. The van der Waals surface area contributed by atoms with E-state index >= 15 is 0 Å². The van der Waals surface area contributed by atoms with Crippen molar-refractivity contribution in [2.75, 3.05) is 18.5 Å². The maximum Gasteiger partial charge on any atom is 0.144 e. The van der Waals surface area contributed by atoms with Crippen molar-refractivity contribution in [3.05, 3.63) is 53.2 Å². The molecule has 2 aromatic rings. The van der Waals surface area contributed by atoms with Crippen LogP contribution in [0.5, 0.6) is 5.75 Å². The van der Waals surface area contributed by atoms with Gasteiger partial charge in [-0.2, -0.15) is 5.26 Å². The van der Waals surface area contributed by atoms with Crippen molar-refractivity contribution in [1.29, 1.82) is 5.26 Å². The number of aryl methyl sites for hydroxylation is 1. The SMILES string of the molecule is Cc1ccc(CNc2ncccc2C#N)c(O[C@H]2CCOC2)c1. The maximum absolute atomic E-state index is 9.13. The molecule has 2 heterocycles. The summed E-state index contributed by atoms with van der Waals surface area (Å²) in [4.78, 5) is 4.22. The lowest BCUT2D eigenvalue weighted by Gasteiger charge is -2.17. The van der Waals surface area contributed by atoms with Gasteiger partial charge in [-0.1, -0.05) is 12.1 Å². The van der Waals surface area contributed by atoms with E-state index < -0.39 is 0 Å². The van der Waals surface area contributed by atoms with E-state index in [2.05, 4.69) is 22.4 Å². The molecule has 5 nitrogen and oxygen atoms in total. The van der Waals surface area contributed by atoms with Gasteiger partial charge < -0.3 is 14.8 Å². The fraction of sp³-hybridized carbons (Fsp3) is 0.333. The molecular weight excluding hydrogens is 290 g/mol. The molecule has 1 N–H and O–H groups in total. The fourth-order valence-electron chi connectivity index (χ4n) is 2.52. The fourth-order valence-corrected chi connectivity index (χ4v) is 2.52. The van der Waals surface area contributed by atoms with Gasteiger partial charge in [0.25, 0.3) is 0 Å². The van der Waals surface area contributed by atoms with Crippen molar-refractivity contribution in [3.63, 3.8) is 0 Å². The highest BCUT2D eigenvalue weighted by Gasteiger charge is 2.18. The van der Waals surface area contributed by atoms with Gasteiger partial charge in [0.1, 0.15) is 23.7 Å². The molecule has 1 aliphatic heterocycles. The van der Waals surface area contributed by atoms with Crippen molar-refractivity contribution in [2.24, 2.45) is 0 Å². The molecule has 0 bridgehead atoms. The van der Waals surface area contributed by atoms with E-state index in [1.165, 1.54) is 0 Å². The number of hydrogen-bond donors (Lipinski definition) is 1. The quantitative estimate of drug-likeness (QED) is 0.919. The van der Waals surface area contributed by atoms with Gasteiger partial charge in [-0.15, -0.1) is 0 Å². The molecule has 118 valence electrons. The molecule has 0 spiro atoms. The molecule has 5 heteroatoms. The molecule has 0 amide bonds. The van der Waals surface area contributed by atoms with Crippen molar-refractivity contribution in [1.82, 2.24) is 4.98 Å². The summed E-state index contributed by atoms with van der Waals surface area (Å²) in [5.74, 6) is 1.45. The summed E-state index contributed by atoms with van der Waals surface area (Å²) < 4.78 is 11.5. The summed E-state index contributed by atoms with van der Waals surface area (Å²) >= 11 is 0. The topological polar surface area (TPSA) is 67.2 Å². The zero-order valence-electron chi connectivity index (χ0n) is 13.1. The summed E-state index contributed by atoms with van der Waals surface area (Å²) in [7, 11) is 0. The lowest BCUT2D eigenvalue weighted by atomic mass is 10.1. The van der Waals surface area contributed by atoms with Crippen LogP contribution in [0.1, 0.15) is 23.1 Å². The monoisotopic (exact) mass is 309 g/mol. The maximum atomic E-state index is 9.13. The number of aromatic nitrogens is 1. The molecule has 1 saturated heterocycles. The van der Waals surface area contributed by atoms with Crippen LogP contribution >= 0.6 is 0 Å². The molecule has 1 aromatic carbocycles. The highest BCUT2D eigenvalue weighted by atomic mass is 16.5. The van der Waals surface area contributed by atoms with Gasteiger partial charge in [0.15, 0.2) is 0 Å². The van der Waals surface area contributed by atoms with E-state index in [1.54, 1.807) is 18.3 Å². The first-order chi connectivity index (χ1) is 11.3. The Balaban J connectivity index is 1.75. The number of benzene rings is 1. The Bertz CT molecular complexity index is 718. The highest BCUT2D eigenvalue weighted by Crippen LogP contribution is 2.25. The third-order valence-electron chi connectivity index (χ3n) is 3.78. The van der Waals surface area contributed by atoms with Gasteiger partial charge in [-0.05, 0) is 30.7 Å². The molecule has 1 aliphatic rings. The molecule has 0 saturated carbocycles. The Morgan fingerprint density at radius 1 is 1.43 bits per heavy atom. The number of nitriles is 1.